The number of carbonyl (C=O) groups is 1. The molecule has 2 aliphatic heterocycles. The van der Waals surface area contributed by atoms with Crippen molar-refractivity contribution < 1.29 is 14.3 Å². The maximum atomic E-state index is 14.6. The van der Waals surface area contributed by atoms with Gasteiger partial charge in [0.2, 0.25) is 5.91 Å². The molecule has 1 N–H and O–H groups in total. The molecule has 1 radical (unpaired) electrons. The molecule has 1 aromatic heterocycles. The number of phenolic OH excluding ortho intramolecular Hbond substituents is 1. The van der Waals surface area contributed by atoms with Crippen LogP contribution >= 0.6 is 11.6 Å². The molecule has 5 rings (SSSR count). The summed E-state index contributed by atoms with van der Waals surface area (Å²) < 4.78 is 17.4. The highest BCUT2D eigenvalue weighted by Crippen LogP contribution is 2.43. The van der Waals surface area contributed by atoms with Gasteiger partial charge in [-0.05, 0) is 47.3 Å². The van der Waals surface area contributed by atoms with Gasteiger partial charge in [0.15, 0.2) is 7.28 Å². The Labute approximate surface area is 188 Å². The summed E-state index contributed by atoms with van der Waals surface area (Å²) in [4.78, 5) is 25.9. The molecule has 32 heavy (non-hydrogen) atoms. The minimum absolute atomic E-state index is 0.108. The normalized spacial score (nSPS) is 15.3. The van der Waals surface area contributed by atoms with E-state index in [0.717, 1.165) is 5.47 Å². The van der Waals surface area contributed by atoms with Crippen molar-refractivity contribution in [2.24, 2.45) is 7.05 Å². The fourth-order valence-corrected chi connectivity index (χ4v) is 4.23. The third kappa shape index (κ3) is 3.27. The number of halogens is 2. The summed E-state index contributed by atoms with van der Waals surface area (Å²) in [5.41, 5.74) is 3.49. The number of carbonyl (C=O) groups excluding carboxylic acids is 1. The molecule has 1 amide bonds. The first-order valence-electron chi connectivity index (χ1n) is 9.87. The topological polar surface area (TPSA) is 67.5 Å². The summed E-state index contributed by atoms with van der Waals surface area (Å²) in [5, 5.41) is 11.3. The van der Waals surface area contributed by atoms with E-state index in [0.29, 0.717) is 34.3 Å². The number of aryl methyl sites for hydroxylation is 1. The predicted molar refractivity (Wildman–Crippen MR) is 121 cm³/mol. The van der Waals surface area contributed by atoms with E-state index in [9.17, 15) is 19.1 Å². The van der Waals surface area contributed by atoms with Gasteiger partial charge in [-0.25, -0.2) is 9.18 Å². The predicted octanol–water partition coefficient (Wildman–Crippen LogP) is 3.47. The summed E-state index contributed by atoms with van der Waals surface area (Å²) in [7, 11) is 5.07. The number of phenols is 1. The van der Waals surface area contributed by atoms with Crippen molar-refractivity contribution in [2.45, 2.75) is 6.42 Å². The molecule has 3 heterocycles. The molecule has 9 heteroatoms. The summed E-state index contributed by atoms with van der Waals surface area (Å²) in [6, 6.07) is 7.40. The van der Waals surface area contributed by atoms with Gasteiger partial charge in [0.25, 0.3) is 0 Å². The van der Waals surface area contributed by atoms with Crippen LogP contribution in [0.4, 0.5) is 4.39 Å². The lowest BCUT2D eigenvalue weighted by molar-refractivity contribution is -0.122. The van der Waals surface area contributed by atoms with E-state index < -0.39 is 5.82 Å². The highest BCUT2D eigenvalue weighted by molar-refractivity contribution is 6.75. The van der Waals surface area contributed by atoms with Crippen LogP contribution in [0.2, 0.25) is 5.02 Å². The first-order valence-corrected chi connectivity index (χ1v) is 10.3. The molecule has 0 saturated heterocycles. The third-order valence-corrected chi connectivity index (χ3v) is 6.05. The van der Waals surface area contributed by atoms with E-state index in [-0.39, 0.29) is 27.9 Å². The number of amides is 1. The Hall–Kier alpha value is -3.52. The van der Waals surface area contributed by atoms with Crippen LogP contribution in [0, 0.1) is 5.82 Å². The molecule has 2 aliphatic rings. The Balaban J connectivity index is 1.59. The zero-order chi connectivity index (χ0) is 22.7. The molecule has 0 spiro atoms. The van der Waals surface area contributed by atoms with Crippen LogP contribution in [0.1, 0.15) is 12.0 Å². The Kier molecular flexibility index (Phi) is 4.63. The van der Waals surface area contributed by atoms with Crippen LogP contribution in [0.25, 0.3) is 22.4 Å². The minimum atomic E-state index is -0.527. The van der Waals surface area contributed by atoms with E-state index in [4.69, 9.17) is 11.6 Å². The summed E-state index contributed by atoms with van der Waals surface area (Å²) >= 11 is 6.45. The van der Waals surface area contributed by atoms with Gasteiger partial charge in [-0.2, -0.15) is 0 Å². The quantitative estimate of drug-likeness (QED) is 0.624. The second-order valence-electron chi connectivity index (χ2n) is 7.91. The SMILES string of the molecule is CN1C=C(c2cc(F)cc(-c3ccc(-n4ccn(C)c4=O)c(Cl)c3)c2O)CC2=C([B]2)C1=O. The second-order valence-corrected chi connectivity index (χ2v) is 8.31. The van der Waals surface area contributed by atoms with Crippen molar-refractivity contribution in [3.8, 4) is 22.6 Å². The number of aromatic hydroxyl groups is 1. The van der Waals surface area contributed by atoms with Crippen LogP contribution in [-0.4, -0.2) is 39.4 Å². The lowest BCUT2D eigenvalue weighted by Gasteiger charge is -2.16. The summed E-state index contributed by atoms with van der Waals surface area (Å²) in [6.07, 6.45) is 5.28. The Morgan fingerprint density at radius 2 is 1.84 bits per heavy atom. The molecule has 0 unspecified atom stereocenters. The van der Waals surface area contributed by atoms with Crippen molar-refractivity contribution in [3.05, 3.63) is 86.8 Å². The molecular formula is C23H17BClFN3O3. The highest BCUT2D eigenvalue weighted by Gasteiger charge is 2.34. The smallest absolute Gasteiger partial charge is 0.332 e. The number of hydrogen-bond donors (Lipinski definition) is 1. The molecule has 3 aromatic rings. The Morgan fingerprint density at radius 3 is 2.53 bits per heavy atom. The van der Waals surface area contributed by atoms with E-state index in [1.165, 1.54) is 26.2 Å². The number of allylic oxidation sites excluding steroid dienone is 2. The van der Waals surface area contributed by atoms with Crippen LogP contribution in [0.3, 0.4) is 0 Å². The van der Waals surface area contributed by atoms with Crippen molar-refractivity contribution in [3.63, 3.8) is 0 Å². The number of nitrogens with zero attached hydrogens (tertiary/aromatic N) is 3. The lowest BCUT2D eigenvalue weighted by Crippen LogP contribution is -2.20. The first kappa shape index (κ1) is 20.4. The fourth-order valence-electron chi connectivity index (χ4n) is 3.96. The second kappa shape index (κ2) is 7.27. The van der Waals surface area contributed by atoms with Crippen LogP contribution < -0.4 is 5.69 Å². The molecule has 0 bridgehead atoms. The van der Waals surface area contributed by atoms with Gasteiger partial charge in [-0.1, -0.05) is 23.1 Å². The first-order chi connectivity index (χ1) is 15.2. The largest absolute Gasteiger partial charge is 0.507 e. The van der Waals surface area contributed by atoms with Crippen molar-refractivity contribution in [2.75, 3.05) is 7.05 Å². The van der Waals surface area contributed by atoms with Crippen LogP contribution in [0.15, 0.2) is 64.7 Å². The average Bonchev–Trinajstić information content (AvgIpc) is 3.47. The van der Waals surface area contributed by atoms with Crippen LogP contribution in [0.5, 0.6) is 5.75 Å². The Morgan fingerprint density at radius 1 is 1.09 bits per heavy atom. The van der Waals surface area contributed by atoms with E-state index >= 15 is 0 Å². The van der Waals surface area contributed by atoms with Crippen LogP contribution in [-0.2, 0) is 11.8 Å². The van der Waals surface area contributed by atoms with Gasteiger partial charge in [-0.15, -0.1) is 0 Å². The number of likely N-dealkylation sites (N-methyl/N-ethyl adjacent to an activating group) is 1. The van der Waals surface area contributed by atoms with Crippen molar-refractivity contribution >= 4 is 30.4 Å². The van der Waals surface area contributed by atoms with E-state index in [1.807, 2.05) is 0 Å². The number of imidazole rings is 1. The van der Waals surface area contributed by atoms with Gasteiger partial charge in [0, 0.05) is 43.8 Å². The van der Waals surface area contributed by atoms with Crippen molar-refractivity contribution in [1.29, 1.82) is 0 Å². The molecule has 0 saturated carbocycles. The zero-order valence-corrected chi connectivity index (χ0v) is 18.0. The van der Waals surface area contributed by atoms with Gasteiger partial charge in [0.05, 0.1) is 10.7 Å². The average molecular weight is 449 g/mol. The number of aromatic nitrogens is 2. The number of hydrogen-bond acceptors (Lipinski definition) is 3. The molecule has 159 valence electrons. The maximum absolute atomic E-state index is 14.6. The monoisotopic (exact) mass is 448 g/mol. The number of benzene rings is 2. The standard InChI is InChI=1S/C23H17BClFN3O3/c1-27-5-6-29(23(27)32)19-4-3-12(8-18(19)25)15-9-14(26)10-16(21(15)30)13-7-17-20(24-17)22(31)28(2)11-13/h3-6,8-11,30H,7H2,1-2H3. The van der Waals surface area contributed by atoms with Gasteiger partial charge in [0.1, 0.15) is 11.6 Å². The molecule has 2 aromatic carbocycles. The maximum Gasteiger partial charge on any atom is 0.332 e. The number of rotatable bonds is 3. The third-order valence-electron chi connectivity index (χ3n) is 5.75. The van der Waals surface area contributed by atoms with Gasteiger partial charge in [-0.3, -0.25) is 9.36 Å². The summed E-state index contributed by atoms with van der Waals surface area (Å²) in [5.74, 6) is -0.756. The molecule has 0 aliphatic carbocycles. The molecule has 0 fully saturated rings. The van der Waals surface area contributed by atoms with Crippen molar-refractivity contribution in [1.82, 2.24) is 14.0 Å². The minimum Gasteiger partial charge on any atom is -0.507 e. The lowest BCUT2D eigenvalue weighted by atomic mass is 9.86. The van der Waals surface area contributed by atoms with E-state index in [2.05, 4.69) is 0 Å². The fraction of sp³-hybridized carbons (Fsp3) is 0.130. The summed E-state index contributed by atoms with van der Waals surface area (Å²) in [6.45, 7) is 0. The highest BCUT2D eigenvalue weighted by atomic mass is 35.5. The van der Waals surface area contributed by atoms with Gasteiger partial charge >= 0.3 is 5.69 Å². The molecule has 6 nitrogen and oxygen atoms in total. The van der Waals surface area contributed by atoms with Gasteiger partial charge < -0.3 is 14.6 Å². The molecule has 0 atom stereocenters. The molecular weight excluding hydrogens is 432 g/mol. The Bertz CT molecular complexity index is 1440. The zero-order valence-electron chi connectivity index (χ0n) is 17.3. The van der Waals surface area contributed by atoms with E-state index in [1.54, 1.807) is 58.2 Å².